The van der Waals surface area contributed by atoms with Crippen LogP contribution in [-0.4, -0.2) is 49.0 Å². The van der Waals surface area contributed by atoms with Gasteiger partial charge in [-0.1, -0.05) is 0 Å². The average Bonchev–Trinajstić information content (AvgIpc) is 2.33. The predicted molar refractivity (Wildman–Crippen MR) is 78.5 cm³/mol. The Labute approximate surface area is 115 Å². The van der Waals surface area contributed by atoms with Gasteiger partial charge in [0.15, 0.2) is 0 Å². The Hall–Kier alpha value is -1.62. The summed E-state index contributed by atoms with van der Waals surface area (Å²) in [7, 11) is 4.04. The van der Waals surface area contributed by atoms with Crippen LogP contribution in [0.15, 0.2) is 18.3 Å². The molecule has 5 nitrogen and oxygen atoms in total. The second kappa shape index (κ2) is 7.74. The lowest BCUT2D eigenvalue weighted by Gasteiger charge is -2.11. The molecule has 106 valence electrons. The van der Waals surface area contributed by atoms with Gasteiger partial charge in [0, 0.05) is 24.5 Å². The minimum atomic E-state index is -0.119. The molecule has 0 atom stereocenters. The maximum Gasteiger partial charge on any atom is 0.269 e. The van der Waals surface area contributed by atoms with Crippen LogP contribution in [0, 0.1) is 0 Å². The van der Waals surface area contributed by atoms with Crippen LogP contribution in [0.25, 0.3) is 0 Å². The predicted octanol–water partition coefficient (Wildman–Crippen LogP) is 1.58. The van der Waals surface area contributed by atoms with Gasteiger partial charge in [0.05, 0.1) is 0 Å². The van der Waals surface area contributed by atoms with Crippen LogP contribution in [0.3, 0.4) is 0 Å². The first-order valence-corrected chi connectivity index (χ1v) is 6.64. The summed E-state index contributed by atoms with van der Waals surface area (Å²) in [5.74, 6) is -0.119. The van der Waals surface area contributed by atoms with Gasteiger partial charge in [0.2, 0.25) is 0 Å². The van der Waals surface area contributed by atoms with E-state index in [9.17, 15) is 4.79 Å². The molecule has 1 heterocycles. The van der Waals surface area contributed by atoms with Crippen LogP contribution >= 0.6 is 0 Å². The number of nitrogens with one attached hydrogen (secondary N) is 2. The maximum absolute atomic E-state index is 11.9. The highest BCUT2D eigenvalue weighted by Crippen LogP contribution is 2.09. The van der Waals surface area contributed by atoms with Crippen LogP contribution in [0.2, 0.25) is 0 Å². The molecule has 5 heteroatoms. The van der Waals surface area contributed by atoms with Gasteiger partial charge in [-0.05, 0) is 53.0 Å². The van der Waals surface area contributed by atoms with E-state index in [-0.39, 0.29) is 5.91 Å². The van der Waals surface area contributed by atoms with Crippen molar-refractivity contribution >= 4 is 11.6 Å². The van der Waals surface area contributed by atoms with E-state index in [0.29, 0.717) is 18.3 Å². The molecule has 0 aliphatic heterocycles. The molecule has 1 rings (SSSR count). The summed E-state index contributed by atoms with van der Waals surface area (Å²) in [6, 6.07) is 3.97. The summed E-state index contributed by atoms with van der Waals surface area (Å²) in [5, 5.41) is 6.13. The molecule has 0 aliphatic carbocycles. The number of nitrogens with zero attached hydrogens (tertiary/aromatic N) is 2. The zero-order chi connectivity index (χ0) is 14.3. The largest absolute Gasteiger partial charge is 0.383 e. The van der Waals surface area contributed by atoms with Gasteiger partial charge in [-0.3, -0.25) is 9.78 Å². The molecular weight excluding hydrogens is 240 g/mol. The lowest BCUT2D eigenvalue weighted by Crippen LogP contribution is -2.27. The monoisotopic (exact) mass is 264 g/mol. The molecule has 19 heavy (non-hydrogen) atoms. The standard InChI is InChI=1S/C14H24N4O/c1-11(2)17-12-6-8-15-13(10-12)14(19)16-7-5-9-18(3)4/h6,8,10-11H,5,7,9H2,1-4H3,(H,15,17)(H,16,19). The third kappa shape index (κ3) is 6.20. The van der Waals surface area contributed by atoms with Gasteiger partial charge in [0.1, 0.15) is 5.69 Å². The average molecular weight is 264 g/mol. The van der Waals surface area contributed by atoms with Gasteiger partial charge < -0.3 is 15.5 Å². The van der Waals surface area contributed by atoms with Crippen LogP contribution in [0.1, 0.15) is 30.8 Å². The van der Waals surface area contributed by atoms with E-state index >= 15 is 0 Å². The lowest BCUT2D eigenvalue weighted by molar-refractivity contribution is 0.0947. The van der Waals surface area contributed by atoms with Crippen LogP contribution < -0.4 is 10.6 Å². The molecule has 0 saturated carbocycles. The summed E-state index contributed by atoms with van der Waals surface area (Å²) in [5.41, 5.74) is 1.37. The highest BCUT2D eigenvalue weighted by Gasteiger charge is 2.07. The second-order valence-electron chi connectivity index (χ2n) is 5.14. The Morgan fingerprint density at radius 1 is 1.42 bits per heavy atom. The van der Waals surface area contributed by atoms with Gasteiger partial charge in [-0.25, -0.2) is 0 Å². The zero-order valence-corrected chi connectivity index (χ0v) is 12.2. The van der Waals surface area contributed by atoms with E-state index in [1.807, 2.05) is 20.2 Å². The Kier molecular flexibility index (Phi) is 6.29. The summed E-state index contributed by atoms with van der Waals surface area (Å²) >= 11 is 0. The highest BCUT2D eigenvalue weighted by molar-refractivity contribution is 5.93. The SMILES string of the molecule is CC(C)Nc1ccnc(C(=O)NCCCN(C)C)c1. The number of pyridine rings is 1. The molecule has 0 radical (unpaired) electrons. The molecule has 0 bridgehead atoms. The fourth-order valence-electron chi connectivity index (χ4n) is 1.67. The minimum Gasteiger partial charge on any atom is -0.383 e. The summed E-state index contributed by atoms with van der Waals surface area (Å²) < 4.78 is 0. The Balaban J connectivity index is 2.47. The van der Waals surface area contributed by atoms with Crippen molar-refractivity contribution in [3.8, 4) is 0 Å². The van der Waals surface area contributed by atoms with Crippen LogP contribution in [-0.2, 0) is 0 Å². The lowest BCUT2D eigenvalue weighted by atomic mass is 10.2. The fraction of sp³-hybridized carbons (Fsp3) is 0.571. The van der Waals surface area contributed by atoms with E-state index in [1.54, 1.807) is 12.3 Å². The molecule has 1 aromatic heterocycles. The number of rotatable bonds is 7. The molecular formula is C14H24N4O. The fourth-order valence-corrected chi connectivity index (χ4v) is 1.67. The molecule has 0 unspecified atom stereocenters. The second-order valence-corrected chi connectivity index (χ2v) is 5.14. The number of carbonyl (C=O) groups excluding carboxylic acids is 1. The topological polar surface area (TPSA) is 57.3 Å². The Morgan fingerprint density at radius 2 is 2.16 bits per heavy atom. The Bertz CT molecular complexity index is 404. The summed E-state index contributed by atoms with van der Waals surface area (Å²) in [6.07, 6.45) is 2.59. The number of hydrogen-bond acceptors (Lipinski definition) is 4. The third-order valence-electron chi connectivity index (χ3n) is 2.52. The van der Waals surface area contributed by atoms with Crippen LogP contribution in [0.5, 0.6) is 0 Å². The maximum atomic E-state index is 11.9. The molecule has 1 aromatic rings. The third-order valence-corrected chi connectivity index (χ3v) is 2.52. The normalized spacial score (nSPS) is 10.8. The first-order valence-electron chi connectivity index (χ1n) is 6.64. The summed E-state index contributed by atoms with van der Waals surface area (Å²) in [6.45, 7) is 5.74. The minimum absolute atomic E-state index is 0.119. The molecule has 0 spiro atoms. The zero-order valence-electron chi connectivity index (χ0n) is 12.2. The first-order chi connectivity index (χ1) is 8.99. The number of amides is 1. The van der Waals surface area contributed by atoms with Crippen LogP contribution in [0.4, 0.5) is 5.69 Å². The van der Waals surface area contributed by atoms with Gasteiger partial charge in [-0.2, -0.15) is 0 Å². The molecule has 1 amide bonds. The van der Waals surface area contributed by atoms with Gasteiger partial charge >= 0.3 is 0 Å². The van der Waals surface area contributed by atoms with Crippen molar-refractivity contribution in [2.75, 3.05) is 32.5 Å². The smallest absolute Gasteiger partial charge is 0.269 e. The van der Waals surface area contributed by atoms with Crippen molar-refractivity contribution in [2.24, 2.45) is 0 Å². The van der Waals surface area contributed by atoms with E-state index in [4.69, 9.17) is 0 Å². The first kappa shape index (κ1) is 15.4. The van der Waals surface area contributed by atoms with Gasteiger partial charge in [0.25, 0.3) is 5.91 Å². The highest BCUT2D eigenvalue weighted by atomic mass is 16.1. The van der Waals surface area contributed by atoms with Gasteiger partial charge in [-0.15, -0.1) is 0 Å². The van der Waals surface area contributed by atoms with E-state index in [2.05, 4.69) is 34.4 Å². The van der Waals surface area contributed by atoms with Crippen molar-refractivity contribution in [1.82, 2.24) is 15.2 Å². The van der Waals surface area contributed by atoms with Crippen molar-refractivity contribution in [3.63, 3.8) is 0 Å². The van der Waals surface area contributed by atoms with Crippen molar-refractivity contribution < 1.29 is 4.79 Å². The number of carbonyl (C=O) groups is 1. The number of aromatic nitrogens is 1. The van der Waals surface area contributed by atoms with Crippen molar-refractivity contribution in [3.05, 3.63) is 24.0 Å². The molecule has 0 saturated heterocycles. The Morgan fingerprint density at radius 3 is 2.79 bits per heavy atom. The summed E-state index contributed by atoms with van der Waals surface area (Å²) in [4.78, 5) is 18.1. The molecule has 0 aromatic carbocycles. The number of anilines is 1. The molecule has 0 fully saturated rings. The van der Waals surface area contributed by atoms with E-state index in [1.165, 1.54) is 0 Å². The number of hydrogen-bond donors (Lipinski definition) is 2. The van der Waals surface area contributed by atoms with Crippen molar-refractivity contribution in [1.29, 1.82) is 0 Å². The quantitative estimate of drug-likeness (QED) is 0.734. The molecule has 2 N–H and O–H groups in total. The van der Waals surface area contributed by atoms with E-state index in [0.717, 1.165) is 18.7 Å². The van der Waals surface area contributed by atoms with E-state index < -0.39 is 0 Å². The van der Waals surface area contributed by atoms with Crippen molar-refractivity contribution in [2.45, 2.75) is 26.3 Å². The molecule has 0 aliphatic rings.